The standard InChI is InChI=1S/C16H20N4O2/c1-10-9-13(14-11(2)18-22-15(14)17-10)16(21)20-7-5-19(6-8-20)12-3-4-12/h9,12H,3-8H2,1-2H3. The first-order valence-electron chi connectivity index (χ1n) is 7.90. The molecule has 0 atom stereocenters. The van der Waals surface area contributed by atoms with Crippen molar-refractivity contribution < 1.29 is 9.32 Å². The zero-order valence-electron chi connectivity index (χ0n) is 13.0. The van der Waals surface area contributed by atoms with Crippen molar-refractivity contribution in [1.82, 2.24) is 19.9 Å². The summed E-state index contributed by atoms with van der Waals surface area (Å²) in [5.74, 6) is 0.0669. The van der Waals surface area contributed by atoms with E-state index in [1.54, 1.807) is 0 Å². The van der Waals surface area contributed by atoms with E-state index in [0.717, 1.165) is 49.0 Å². The summed E-state index contributed by atoms with van der Waals surface area (Å²) in [5.41, 5.74) is 2.63. The maximum atomic E-state index is 12.9. The molecule has 2 aliphatic rings. The first-order chi connectivity index (χ1) is 10.6. The molecule has 2 aromatic heterocycles. The Bertz CT molecular complexity index is 727. The zero-order chi connectivity index (χ0) is 15.3. The number of hydrogen-bond acceptors (Lipinski definition) is 5. The van der Waals surface area contributed by atoms with E-state index in [0.29, 0.717) is 11.3 Å². The monoisotopic (exact) mass is 300 g/mol. The number of aryl methyl sites for hydroxylation is 2. The molecule has 0 N–H and O–H groups in total. The minimum atomic E-state index is 0.0669. The molecule has 1 saturated carbocycles. The molecule has 6 heteroatoms. The molecule has 116 valence electrons. The van der Waals surface area contributed by atoms with Crippen LogP contribution in [0.1, 0.15) is 34.6 Å². The lowest BCUT2D eigenvalue weighted by Gasteiger charge is -2.35. The minimum Gasteiger partial charge on any atom is -0.336 e. The first-order valence-corrected chi connectivity index (χ1v) is 7.90. The van der Waals surface area contributed by atoms with Gasteiger partial charge in [0.15, 0.2) is 0 Å². The molecule has 0 radical (unpaired) electrons. The summed E-state index contributed by atoms with van der Waals surface area (Å²) in [6.07, 6.45) is 2.63. The SMILES string of the molecule is Cc1cc(C(=O)N2CCN(C3CC3)CC2)c2c(C)noc2n1. The van der Waals surface area contributed by atoms with E-state index in [4.69, 9.17) is 4.52 Å². The summed E-state index contributed by atoms with van der Waals surface area (Å²) in [6, 6.07) is 2.62. The van der Waals surface area contributed by atoms with Gasteiger partial charge in [0.05, 0.1) is 16.6 Å². The Balaban J connectivity index is 1.61. The van der Waals surface area contributed by atoms with Crippen molar-refractivity contribution in [3.05, 3.63) is 23.0 Å². The van der Waals surface area contributed by atoms with Crippen molar-refractivity contribution in [2.45, 2.75) is 32.7 Å². The lowest BCUT2D eigenvalue weighted by Crippen LogP contribution is -2.49. The molecule has 4 rings (SSSR count). The smallest absolute Gasteiger partial charge is 0.258 e. The third-order valence-electron chi connectivity index (χ3n) is 4.64. The van der Waals surface area contributed by atoms with Crippen LogP contribution in [-0.4, -0.2) is 58.1 Å². The molecule has 0 bridgehead atoms. The normalized spacial score (nSPS) is 19.8. The Labute approximate surface area is 129 Å². The number of piperazine rings is 1. The van der Waals surface area contributed by atoms with Gasteiger partial charge in [-0.2, -0.15) is 0 Å². The molecule has 1 saturated heterocycles. The van der Waals surface area contributed by atoms with E-state index >= 15 is 0 Å². The number of rotatable bonds is 2. The Morgan fingerprint density at radius 1 is 1.23 bits per heavy atom. The minimum absolute atomic E-state index is 0.0669. The molecule has 0 spiro atoms. The molecule has 1 amide bonds. The summed E-state index contributed by atoms with van der Waals surface area (Å²) >= 11 is 0. The van der Waals surface area contributed by atoms with Crippen molar-refractivity contribution in [1.29, 1.82) is 0 Å². The molecule has 2 fully saturated rings. The zero-order valence-corrected chi connectivity index (χ0v) is 13.0. The summed E-state index contributed by atoms with van der Waals surface area (Å²) in [7, 11) is 0. The van der Waals surface area contributed by atoms with Crippen LogP contribution in [0.25, 0.3) is 11.1 Å². The summed E-state index contributed by atoms with van der Waals surface area (Å²) < 4.78 is 5.22. The first kappa shape index (κ1) is 13.7. The molecule has 22 heavy (non-hydrogen) atoms. The number of amides is 1. The lowest BCUT2D eigenvalue weighted by molar-refractivity contribution is 0.0629. The third-order valence-corrected chi connectivity index (χ3v) is 4.64. The van der Waals surface area contributed by atoms with Crippen LogP contribution in [0.3, 0.4) is 0 Å². The van der Waals surface area contributed by atoms with Gasteiger partial charge in [-0.3, -0.25) is 9.69 Å². The summed E-state index contributed by atoms with van der Waals surface area (Å²) in [5, 5.41) is 4.70. The number of carbonyl (C=O) groups excluding carboxylic acids is 1. The van der Waals surface area contributed by atoms with Crippen molar-refractivity contribution in [3.8, 4) is 0 Å². The highest BCUT2D eigenvalue weighted by Gasteiger charge is 2.33. The Hall–Kier alpha value is -1.95. The number of carbonyl (C=O) groups is 1. The molecule has 2 aromatic rings. The Morgan fingerprint density at radius 2 is 1.95 bits per heavy atom. The van der Waals surface area contributed by atoms with Crippen LogP contribution >= 0.6 is 0 Å². The molecular weight excluding hydrogens is 280 g/mol. The van der Waals surface area contributed by atoms with Crippen LogP contribution in [0.5, 0.6) is 0 Å². The fourth-order valence-electron chi connectivity index (χ4n) is 3.29. The van der Waals surface area contributed by atoms with Crippen LogP contribution in [-0.2, 0) is 0 Å². The van der Waals surface area contributed by atoms with Gasteiger partial charge in [0.2, 0.25) is 0 Å². The third kappa shape index (κ3) is 2.27. The molecule has 1 aliphatic carbocycles. The van der Waals surface area contributed by atoms with E-state index in [9.17, 15) is 4.79 Å². The van der Waals surface area contributed by atoms with Gasteiger partial charge in [-0.15, -0.1) is 0 Å². The second kappa shape index (κ2) is 5.05. The van der Waals surface area contributed by atoms with Crippen LogP contribution in [0.4, 0.5) is 0 Å². The quantitative estimate of drug-likeness (QED) is 0.845. The second-order valence-corrected chi connectivity index (χ2v) is 6.32. The van der Waals surface area contributed by atoms with Gasteiger partial charge in [-0.05, 0) is 32.8 Å². The number of hydrogen-bond donors (Lipinski definition) is 0. The predicted octanol–water partition coefficient (Wildman–Crippen LogP) is 1.76. The van der Waals surface area contributed by atoms with Crippen LogP contribution in [0.2, 0.25) is 0 Å². The summed E-state index contributed by atoms with van der Waals surface area (Å²) in [4.78, 5) is 21.7. The van der Waals surface area contributed by atoms with Crippen molar-refractivity contribution in [2.75, 3.05) is 26.2 Å². The van der Waals surface area contributed by atoms with Gasteiger partial charge in [-0.25, -0.2) is 4.98 Å². The fraction of sp³-hybridized carbons (Fsp3) is 0.562. The van der Waals surface area contributed by atoms with Gasteiger partial charge in [-0.1, -0.05) is 5.16 Å². The van der Waals surface area contributed by atoms with E-state index in [1.807, 2.05) is 24.8 Å². The Morgan fingerprint density at radius 3 is 2.64 bits per heavy atom. The van der Waals surface area contributed by atoms with Gasteiger partial charge >= 0.3 is 0 Å². The largest absolute Gasteiger partial charge is 0.336 e. The van der Waals surface area contributed by atoms with Crippen molar-refractivity contribution in [3.63, 3.8) is 0 Å². The fourth-order valence-corrected chi connectivity index (χ4v) is 3.29. The highest BCUT2D eigenvalue weighted by molar-refractivity contribution is 6.06. The van der Waals surface area contributed by atoms with E-state index in [2.05, 4.69) is 15.0 Å². The number of aromatic nitrogens is 2. The molecule has 6 nitrogen and oxygen atoms in total. The Kier molecular flexibility index (Phi) is 3.14. The highest BCUT2D eigenvalue weighted by Crippen LogP contribution is 2.28. The maximum absolute atomic E-state index is 12.9. The lowest BCUT2D eigenvalue weighted by atomic mass is 10.1. The van der Waals surface area contributed by atoms with E-state index in [-0.39, 0.29) is 5.91 Å². The average molecular weight is 300 g/mol. The molecule has 0 unspecified atom stereocenters. The predicted molar refractivity (Wildman–Crippen MR) is 81.8 cm³/mol. The topological polar surface area (TPSA) is 62.5 Å². The molecular formula is C16H20N4O2. The van der Waals surface area contributed by atoms with Crippen molar-refractivity contribution in [2.24, 2.45) is 0 Å². The molecule has 0 aromatic carbocycles. The number of pyridine rings is 1. The number of fused-ring (bicyclic) bond motifs is 1. The average Bonchev–Trinajstić information content (AvgIpc) is 3.31. The van der Waals surface area contributed by atoms with E-state index in [1.165, 1.54) is 12.8 Å². The van der Waals surface area contributed by atoms with Crippen LogP contribution in [0, 0.1) is 13.8 Å². The summed E-state index contributed by atoms with van der Waals surface area (Å²) in [6.45, 7) is 7.27. The van der Waals surface area contributed by atoms with Gasteiger partial charge in [0.1, 0.15) is 0 Å². The maximum Gasteiger partial charge on any atom is 0.258 e. The van der Waals surface area contributed by atoms with Gasteiger partial charge < -0.3 is 9.42 Å². The molecule has 1 aliphatic heterocycles. The highest BCUT2D eigenvalue weighted by atomic mass is 16.5. The molecule has 3 heterocycles. The van der Waals surface area contributed by atoms with Crippen molar-refractivity contribution >= 4 is 17.0 Å². The van der Waals surface area contributed by atoms with Gasteiger partial charge in [0, 0.05) is 37.9 Å². The number of nitrogens with zero attached hydrogens (tertiary/aromatic N) is 4. The van der Waals surface area contributed by atoms with Crippen LogP contribution < -0.4 is 0 Å². The second-order valence-electron chi connectivity index (χ2n) is 6.32. The van der Waals surface area contributed by atoms with Crippen LogP contribution in [0.15, 0.2) is 10.6 Å². The van der Waals surface area contributed by atoms with Gasteiger partial charge in [0.25, 0.3) is 11.6 Å². The van der Waals surface area contributed by atoms with E-state index < -0.39 is 0 Å².